The molecule has 0 aromatic heterocycles. The molecule has 0 fully saturated rings. The molecule has 1 aliphatic heterocycles. The lowest BCUT2D eigenvalue weighted by Crippen LogP contribution is -2.49. The number of nitrogens with one attached hydrogen (secondary N) is 1. The minimum atomic E-state index is -0.327. The highest BCUT2D eigenvalue weighted by Crippen LogP contribution is 2.30. The third-order valence-electron chi connectivity index (χ3n) is 5.70. The quantitative estimate of drug-likeness (QED) is 0.693. The minimum Gasteiger partial charge on any atom is -0.488 e. The Morgan fingerprint density at radius 3 is 2.62 bits per heavy atom. The second-order valence-electron chi connectivity index (χ2n) is 8.81. The van der Waals surface area contributed by atoms with E-state index in [-0.39, 0.29) is 42.9 Å². The van der Waals surface area contributed by atoms with Crippen LogP contribution >= 0.6 is 0 Å². The molecule has 1 heterocycles. The molecule has 7 heteroatoms. The van der Waals surface area contributed by atoms with Gasteiger partial charge >= 0.3 is 0 Å². The Bertz CT molecular complexity index is 932. The number of rotatable bonds is 7. The molecule has 1 aliphatic rings. The van der Waals surface area contributed by atoms with Gasteiger partial charge in [-0.3, -0.25) is 9.59 Å². The highest BCUT2D eigenvalue weighted by molar-refractivity contribution is 6.00. The van der Waals surface area contributed by atoms with Crippen LogP contribution in [0.15, 0.2) is 48.5 Å². The predicted molar refractivity (Wildman–Crippen MR) is 125 cm³/mol. The lowest BCUT2D eigenvalue weighted by atomic mass is 9.99. The van der Waals surface area contributed by atoms with Gasteiger partial charge in [0.05, 0.1) is 24.6 Å². The number of hydrogen-bond donors (Lipinski definition) is 2. The molecule has 172 valence electrons. The molecule has 3 rings (SSSR count). The lowest BCUT2D eigenvalue weighted by molar-refractivity contribution is -0.115. The van der Waals surface area contributed by atoms with E-state index >= 15 is 0 Å². The van der Waals surface area contributed by atoms with Crippen LogP contribution in [0.5, 0.6) is 5.75 Å². The summed E-state index contributed by atoms with van der Waals surface area (Å²) in [7, 11) is 3.97. The summed E-state index contributed by atoms with van der Waals surface area (Å²) in [6, 6.07) is 14.3. The van der Waals surface area contributed by atoms with Gasteiger partial charge in [-0.15, -0.1) is 0 Å². The molecule has 0 aliphatic carbocycles. The summed E-state index contributed by atoms with van der Waals surface area (Å²) >= 11 is 0. The smallest absolute Gasteiger partial charge is 0.258 e. The largest absolute Gasteiger partial charge is 0.488 e. The van der Waals surface area contributed by atoms with E-state index in [4.69, 9.17) is 4.74 Å². The van der Waals surface area contributed by atoms with E-state index in [2.05, 4.69) is 17.1 Å². The average Bonchev–Trinajstić information content (AvgIpc) is 2.76. The Kier molecular flexibility index (Phi) is 7.88. The van der Waals surface area contributed by atoms with Crippen LogP contribution in [0.4, 0.5) is 5.69 Å². The zero-order valence-corrected chi connectivity index (χ0v) is 19.2. The molecule has 0 spiro atoms. The van der Waals surface area contributed by atoms with Crippen molar-refractivity contribution in [2.24, 2.45) is 5.92 Å². The number of aliphatic hydroxyl groups is 1. The number of anilines is 1. The molecular formula is C25H33N3O4. The van der Waals surface area contributed by atoms with Gasteiger partial charge in [0.15, 0.2) is 0 Å². The molecule has 0 unspecified atom stereocenters. The number of ether oxygens (including phenoxy) is 1. The van der Waals surface area contributed by atoms with Crippen molar-refractivity contribution in [1.29, 1.82) is 0 Å². The van der Waals surface area contributed by atoms with Crippen molar-refractivity contribution in [2.45, 2.75) is 32.4 Å². The summed E-state index contributed by atoms with van der Waals surface area (Å²) in [5, 5.41) is 12.6. The van der Waals surface area contributed by atoms with E-state index < -0.39 is 0 Å². The Morgan fingerprint density at radius 1 is 1.25 bits per heavy atom. The van der Waals surface area contributed by atoms with Gasteiger partial charge in [-0.2, -0.15) is 0 Å². The fraction of sp³-hybridized carbons (Fsp3) is 0.440. The molecule has 2 aromatic rings. The number of carbonyl (C=O) groups excluding carboxylic acids is 2. The molecule has 3 atom stereocenters. The van der Waals surface area contributed by atoms with Gasteiger partial charge in [0.25, 0.3) is 5.91 Å². The number of carbonyl (C=O) groups is 2. The number of nitrogens with zero attached hydrogens (tertiary/aromatic N) is 2. The topological polar surface area (TPSA) is 82.1 Å². The molecule has 7 nitrogen and oxygen atoms in total. The first-order valence-corrected chi connectivity index (χ1v) is 11.0. The number of likely N-dealkylation sites (N-methyl/N-ethyl adjacent to an activating group) is 1. The Morgan fingerprint density at radius 2 is 1.97 bits per heavy atom. The van der Waals surface area contributed by atoms with Gasteiger partial charge in [-0.1, -0.05) is 37.3 Å². The van der Waals surface area contributed by atoms with Crippen molar-refractivity contribution in [3.8, 4) is 5.75 Å². The highest BCUT2D eigenvalue weighted by atomic mass is 16.5. The van der Waals surface area contributed by atoms with Crippen LogP contribution in [0.1, 0.15) is 29.8 Å². The maximum Gasteiger partial charge on any atom is 0.258 e. The Hall–Kier alpha value is -2.90. The lowest BCUT2D eigenvalue weighted by Gasteiger charge is -2.37. The zero-order valence-electron chi connectivity index (χ0n) is 19.2. The van der Waals surface area contributed by atoms with Gasteiger partial charge in [0.2, 0.25) is 5.91 Å². The maximum atomic E-state index is 13.4. The predicted octanol–water partition coefficient (Wildman–Crippen LogP) is 2.65. The van der Waals surface area contributed by atoms with Crippen LogP contribution in [-0.4, -0.2) is 72.7 Å². The van der Waals surface area contributed by atoms with Gasteiger partial charge in [-0.05, 0) is 44.8 Å². The number of aliphatic hydroxyl groups excluding tert-OH is 1. The number of benzene rings is 2. The van der Waals surface area contributed by atoms with E-state index in [1.807, 2.05) is 51.4 Å². The number of hydrogen-bond acceptors (Lipinski definition) is 5. The molecule has 2 amide bonds. The fourth-order valence-corrected chi connectivity index (χ4v) is 3.86. The summed E-state index contributed by atoms with van der Waals surface area (Å²) in [4.78, 5) is 29.7. The van der Waals surface area contributed by atoms with E-state index in [0.717, 1.165) is 5.56 Å². The van der Waals surface area contributed by atoms with Crippen molar-refractivity contribution in [3.05, 3.63) is 59.7 Å². The van der Waals surface area contributed by atoms with Gasteiger partial charge in [0.1, 0.15) is 11.9 Å². The molecule has 0 radical (unpaired) electrons. The van der Waals surface area contributed by atoms with Crippen molar-refractivity contribution in [3.63, 3.8) is 0 Å². The number of fused-ring (bicyclic) bond motifs is 1. The molecule has 32 heavy (non-hydrogen) atoms. The SMILES string of the molecule is C[C@H](CO)N1C[C@H](C)[C@@H](CN(C)C)Oc2ccc(NC(=O)Cc3ccccc3)cc2C1=O. The molecule has 2 N–H and O–H groups in total. The fourth-order valence-electron chi connectivity index (χ4n) is 3.86. The summed E-state index contributed by atoms with van der Waals surface area (Å²) in [5.41, 5.74) is 1.84. The van der Waals surface area contributed by atoms with Gasteiger partial charge in [-0.25, -0.2) is 0 Å². The first-order valence-electron chi connectivity index (χ1n) is 11.0. The standard InChI is InChI=1S/C25H33N3O4/c1-17-14-28(18(2)16-29)25(31)21-13-20(10-11-22(21)32-23(17)15-27(3)4)26-24(30)12-19-8-6-5-7-9-19/h5-11,13,17-18,23,29H,12,14-16H2,1-4H3,(H,26,30)/t17-,18+,23+/m0/s1. The second kappa shape index (κ2) is 10.6. The Balaban J connectivity index is 1.89. The van der Waals surface area contributed by atoms with Crippen molar-refractivity contribution >= 4 is 17.5 Å². The zero-order chi connectivity index (χ0) is 23.3. The van der Waals surface area contributed by atoms with E-state index in [0.29, 0.717) is 30.1 Å². The third kappa shape index (κ3) is 5.87. The summed E-state index contributed by atoms with van der Waals surface area (Å²) in [6.07, 6.45) is 0.127. The monoisotopic (exact) mass is 439 g/mol. The molecule has 2 aromatic carbocycles. The maximum absolute atomic E-state index is 13.4. The molecule has 0 saturated carbocycles. The highest BCUT2D eigenvalue weighted by Gasteiger charge is 2.33. The molecule has 0 saturated heterocycles. The van der Waals surface area contributed by atoms with Crippen molar-refractivity contribution in [2.75, 3.05) is 39.1 Å². The van der Waals surface area contributed by atoms with Crippen LogP contribution in [-0.2, 0) is 11.2 Å². The van der Waals surface area contributed by atoms with Crippen LogP contribution in [0.2, 0.25) is 0 Å². The minimum absolute atomic E-state index is 0.0775. The first-order chi connectivity index (χ1) is 15.3. The third-order valence-corrected chi connectivity index (χ3v) is 5.70. The van der Waals surface area contributed by atoms with E-state index in [9.17, 15) is 14.7 Å². The molecular weight excluding hydrogens is 406 g/mol. The summed E-state index contributed by atoms with van der Waals surface area (Å²) in [5.74, 6) is 0.198. The average molecular weight is 440 g/mol. The van der Waals surface area contributed by atoms with Crippen LogP contribution in [0.25, 0.3) is 0 Å². The summed E-state index contributed by atoms with van der Waals surface area (Å²) in [6.45, 7) is 4.94. The van der Waals surface area contributed by atoms with Crippen LogP contribution < -0.4 is 10.1 Å². The van der Waals surface area contributed by atoms with Gasteiger partial charge in [0, 0.05) is 24.7 Å². The summed E-state index contributed by atoms with van der Waals surface area (Å²) < 4.78 is 6.28. The van der Waals surface area contributed by atoms with Gasteiger partial charge < -0.3 is 25.0 Å². The van der Waals surface area contributed by atoms with E-state index in [1.165, 1.54) is 0 Å². The van der Waals surface area contributed by atoms with Crippen molar-refractivity contribution < 1.29 is 19.4 Å². The molecule has 0 bridgehead atoms. The first kappa shape index (κ1) is 23.8. The Labute approximate surface area is 190 Å². The normalized spacial score (nSPS) is 19.6. The number of amides is 2. The van der Waals surface area contributed by atoms with Crippen LogP contribution in [0, 0.1) is 5.92 Å². The second-order valence-corrected chi connectivity index (χ2v) is 8.81. The van der Waals surface area contributed by atoms with Crippen molar-refractivity contribution in [1.82, 2.24) is 9.80 Å². The van der Waals surface area contributed by atoms with E-state index in [1.54, 1.807) is 23.1 Å². The van der Waals surface area contributed by atoms with Crippen LogP contribution in [0.3, 0.4) is 0 Å².